The molecule has 1 aliphatic rings. The van der Waals surface area contributed by atoms with Crippen molar-refractivity contribution in [3.63, 3.8) is 0 Å². The summed E-state index contributed by atoms with van der Waals surface area (Å²) >= 11 is 0. The molecule has 1 saturated heterocycles. The van der Waals surface area contributed by atoms with Crippen molar-refractivity contribution in [1.82, 2.24) is 10.2 Å². The van der Waals surface area contributed by atoms with Crippen LogP contribution in [0.3, 0.4) is 0 Å². The van der Waals surface area contributed by atoms with E-state index in [1.807, 2.05) is 24.8 Å². The lowest BCUT2D eigenvalue weighted by molar-refractivity contribution is -0.367. The van der Waals surface area contributed by atoms with Gasteiger partial charge in [0.25, 0.3) is 11.7 Å². The van der Waals surface area contributed by atoms with Gasteiger partial charge in [0.15, 0.2) is 0 Å². The molecule has 0 atom stereocenters. The highest BCUT2D eigenvalue weighted by molar-refractivity contribution is 5.96. The van der Waals surface area contributed by atoms with Crippen molar-refractivity contribution < 1.29 is 27.7 Å². The van der Waals surface area contributed by atoms with E-state index in [2.05, 4.69) is 10.3 Å². The molecule has 0 aliphatic carbocycles. The number of carbonyl (C=O) groups excluding carboxylic acids is 2. The van der Waals surface area contributed by atoms with Crippen LogP contribution >= 0.6 is 0 Å². The van der Waals surface area contributed by atoms with Crippen molar-refractivity contribution in [3.05, 3.63) is 58.8 Å². The molecular weight excluding hydrogens is 397 g/mol. The number of aromatic nitrogens is 1. The molecule has 0 saturated carbocycles. The van der Waals surface area contributed by atoms with Crippen molar-refractivity contribution in [2.24, 2.45) is 0 Å². The number of hydrogen-bond donors (Lipinski definition) is 1. The van der Waals surface area contributed by atoms with Crippen LogP contribution in [-0.4, -0.2) is 49.4 Å². The Kier molecular flexibility index (Phi) is 6.28. The van der Waals surface area contributed by atoms with Crippen LogP contribution in [0.2, 0.25) is 0 Å². The van der Waals surface area contributed by atoms with Gasteiger partial charge in [-0.2, -0.15) is 13.2 Å². The SMILES string of the molecule is Cc1ccc(C(=O)NCC(=O)N2CCN(c3ccc(C(F)(F)F)c[nH+]3)CC2)cc1C. The van der Waals surface area contributed by atoms with Gasteiger partial charge in [0.05, 0.1) is 25.2 Å². The molecule has 1 aromatic heterocycles. The third-order valence-electron chi connectivity index (χ3n) is 5.27. The van der Waals surface area contributed by atoms with Gasteiger partial charge in [-0.3, -0.25) is 14.5 Å². The molecule has 160 valence electrons. The van der Waals surface area contributed by atoms with E-state index in [4.69, 9.17) is 0 Å². The zero-order chi connectivity index (χ0) is 21.9. The van der Waals surface area contributed by atoms with E-state index < -0.39 is 11.7 Å². The first-order valence-corrected chi connectivity index (χ1v) is 9.62. The number of nitrogens with zero attached hydrogens (tertiary/aromatic N) is 2. The van der Waals surface area contributed by atoms with E-state index in [0.717, 1.165) is 23.4 Å². The average molecular weight is 421 g/mol. The standard InChI is InChI=1S/C21H23F3N4O2/c1-14-3-4-16(11-15(14)2)20(30)26-13-19(29)28-9-7-27(8-10-28)18-6-5-17(12-25-18)21(22,23)24/h3-6,11-12H,7-10,13H2,1-2H3,(H,26,30)/p+1. The topological polar surface area (TPSA) is 66.8 Å². The van der Waals surface area contributed by atoms with Crippen molar-refractivity contribution in [2.45, 2.75) is 20.0 Å². The van der Waals surface area contributed by atoms with Crippen LogP contribution in [-0.2, 0) is 11.0 Å². The van der Waals surface area contributed by atoms with Gasteiger partial charge < -0.3 is 10.2 Å². The maximum atomic E-state index is 12.7. The van der Waals surface area contributed by atoms with E-state index in [1.54, 1.807) is 17.0 Å². The number of hydrogen-bond acceptors (Lipinski definition) is 3. The number of halogens is 3. The molecule has 0 spiro atoms. The predicted molar refractivity (Wildman–Crippen MR) is 105 cm³/mol. The molecule has 9 heteroatoms. The van der Waals surface area contributed by atoms with E-state index in [-0.39, 0.29) is 18.4 Å². The number of carbonyl (C=O) groups is 2. The summed E-state index contributed by atoms with van der Waals surface area (Å²) in [6.45, 7) is 5.60. The van der Waals surface area contributed by atoms with Crippen LogP contribution in [0.5, 0.6) is 0 Å². The number of benzene rings is 1. The molecule has 0 bridgehead atoms. The second kappa shape index (κ2) is 8.73. The number of nitrogens with one attached hydrogen (secondary N) is 2. The second-order valence-corrected chi connectivity index (χ2v) is 7.31. The quantitative estimate of drug-likeness (QED) is 0.823. The van der Waals surface area contributed by atoms with Gasteiger partial charge in [0.1, 0.15) is 19.3 Å². The lowest BCUT2D eigenvalue weighted by atomic mass is 10.1. The third kappa shape index (κ3) is 5.08. The van der Waals surface area contributed by atoms with E-state index in [1.165, 1.54) is 6.07 Å². The number of aryl methyl sites for hydroxylation is 2. The average Bonchev–Trinajstić information content (AvgIpc) is 2.73. The predicted octanol–water partition coefficient (Wildman–Crippen LogP) is 2.21. The zero-order valence-corrected chi connectivity index (χ0v) is 16.8. The minimum absolute atomic E-state index is 0.0990. The maximum Gasteiger partial charge on any atom is 0.419 e. The highest BCUT2D eigenvalue weighted by atomic mass is 19.4. The molecule has 3 rings (SSSR count). The summed E-state index contributed by atoms with van der Waals surface area (Å²) in [7, 11) is 0. The van der Waals surface area contributed by atoms with E-state index in [9.17, 15) is 22.8 Å². The highest BCUT2D eigenvalue weighted by Gasteiger charge is 2.33. The molecular formula is C21H24F3N4O2+. The number of aromatic amines is 1. The van der Waals surface area contributed by atoms with Crippen LogP contribution in [0.25, 0.3) is 0 Å². The largest absolute Gasteiger partial charge is 0.419 e. The number of pyridine rings is 1. The molecule has 0 radical (unpaired) electrons. The zero-order valence-electron chi connectivity index (χ0n) is 16.8. The lowest BCUT2D eigenvalue weighted by Crippen LogP contribution is -2.52. The van der Waals surface area contributed by atoms with Gasteiger partial charge in [-0.15, -0.1) is 0 Å². The van der Waals surface area contributed by atoms with Gasteiger partial charge in [-0.1, -0.05) is 6.07 Å². The number of rotatable bonds is 4. The fourth-order valence-corrected chi connectivity index (χ4v) is 3.24. The molecule has 2 amide bonds. The van der Waals surface area contributed by atoms with Gasteiger partial charge in [0.2, 0.25) is 5.91 Å². The van der Waals surface area contributed by atoms with E-state index >= 15 is 0 Å². The minimum atomic E-state index is -4.39. The number of anilines is 1. The minimum Gasteiger partial charge on any atom is -0.343 e. The van der Waals surface area contributed by atoms with Crippen LogP contribution in [0.4, 0.5) is 19.0 Å². The van der Waals surface area contributed by atoms with Crippen molar-refractivity contribution in [2.75, 3.05) is 37.6 Å². The fraction of sp³-hybridized carbons (Fsp3) is 0.381. The molecule has 1 fully saturated rings. The number of H-pyrrole nitrogens is 1. The number of piperazine rings is 1. The smallest absolute Gasteiger partial charge is 0.343 e. The number of alkyl halides is 3. The summed E-state index contributed by atoms with van der Waals surface area (Å²) in [5, 5.41) is 2.65. The molecule has 1 aromatic carbocycles. The van der Waals surface area contributed by atoms with Crippen LogP contribution < -0.4 is 15.2 Å². The summed E-state index contributed by atoms with van der Waals surface area (Å²) in [6, 6.07) is 7.80. The van der Waals surface area contributed by atoms with Gasteiger partial charge in [-0.25, -0.2) is 4.98 Å². The first-order valence-electron chi connectivity index (χ1n) is 9.62. The van der Waals surface area contributed by atoms with Crippen LogP contribution in [0.15, 0.2) is 36.5 Å². The Bertz CT molecular complexity index is 921. The van der Waals surface area contributed by atoms with Crippen molar-refractivity contribution in [1.29, 1.82) is 0 Å². The monoisotopic (exact) mass is 421 g/mol. The maximum absolute atomic E-state index is 12.7. The molecule has 0 unspecified atom stereocenters. The summed E-state index contributed by atoms with van der Waals surface area (Å²) in [5.74, 6) is 0.0748. The summed E-state index contributed by atoms with van der Waals surface area (Å²) in [5.41, 5.74) is 1.86. The highest BCUT2D eigenvalue weighted by Crippen LogP contribution is 2.28. The van der Waals surface area contributed by atoms with E-state index in [0.29, 0.717) is 37.6 Å². The second-order valence-electron chi connectivity index (χ2n) is 7.31. The summed E-state index contributed by atoms with van der Waals surface area (Å²) in [6.07, 6.45) is -3.45. The molecule has 2 N–H and O–H groups in total. The Hall–Kier alpha value is -3.10. The molecule has 1 aliphatic heterocycles. The molecule has 6 nitrogen and oxygen atoms in total. The first-order chi connectivity index (χ1) is 14.1. The fourth-order valence-electron chi connectivity index (χ4n) is 3.24. The third-order valence-corrected chi connectivity index (χ3v) is 5.27. The Morgan fingerprint density at radius 3 is 2.30 bits per heavy atom. The summed E-state index contributed by atoms with van der Waals surface area (Å²) in [4.78, 5) is 30.9. The Morgan fingerprint density at radius 2 is 1.73 bits per heavy atom. The number of amides is 2. The lowest BCUT2D eigenvalue weighted by Gasteiger charge is -2.31. The van der Waals surface area contributed by atoms with Gasteiger partial charge in [-0.05, 0) is 43.2 Å². The molecule has 2 heterocycles. The van der Waals surface area contributed by atoms with Crippen LogP contribution in [0.1, 0.15) is 27.0 Å². The molecule has 2 aromatic rings. The molecule has 30 heavy (non-hydrogen) atoms. The normalized spacial score (nSPS) is 14.6. The van der Waals surface area contributed by atoms with Gasteiger partial charge >= 0.3 is 6.18 Å². The van der Waals surface area contributed by atoms with Gasteiger partial charge in [0, 0.05) is 11.6 Å². The Morgan fingerprint density at radius 1 is 1.03 bits per heavy atom. The van der Waals surface area contributed by atoms with Crippen LogP contribution in [0, 0.1) is 13.8 Å². The Balaban J connectivity index is 1.49. The first kappa shape index (κ1) is 21.6. The van der Waals surface area contributed by atoms with Crippen molar-refractivity contribution >= 4 is 17.6 Å². The summed E-state index contributed by atoms with van der Waals surface area (Å²) < 4.78 is 38.0. The van der Waals surface area contributed by atoms with Crippen molar-refractivity contribution in [3.8, 4) is 0 Å². The Labute approximate surface area is 172 Å².